The molecule has 9 heteroatoms. The number of H-pyrrole nitrogens is 1. The number of ether oxygens (including phenoxy) is 2. The van der Waals surface area contributed by atoms with Crippen molar-refractivity contribution in [3.05, 3.63) is 57.3 Å². The van der Waals surface area contributed by atoms with Gasteiger partial charge in [0.15, 0.2) is 0 Å². The molecule has 0 saturated carbocycles. The fourth-order valence-corrected chi connectivity index (χ4v) is 4.39. The van der Waals surface area contributed by atoms with Crippen molar-refractivity contribution in [3.63, 3.8) is 0 Å². The Morgan fingerprint density at radius 2 is 1.94 bits per heavy atom. The first kappa shape index (κ1) is 22.0. The molecule has 170 valence electrons. The van der Waals surface area contributed by atoms with Crippen LogP contribution in [0.5, 0.6) is 5.75 Å². The second kappa shape index (κ2) is 9.52. The molecule has 1 unspecified atom stereocenters. The molecule has 1 fully saturated rings. The fraction of sp³-hybridized carbons (Fsp3) is 0.478. The number of nitrogens with one attached hydrogen (secondary N) is 1. The molecule has 2 aromatic rings. The summed E-state index contributed by atoms with van der Waals surface area (Å²) in [5.41, 5.74) is 1.54. The predicted molar refractivity (Wildman–Crippen MR) is 116 cm³/mol. The Kier molecular flexibility index (Phi) is 6.55. The minimum Gasteiger partial charge on any atom is -0.497 e. The monoisotopic (exact) mass is 440 g/mol. The van der Waals surface area contributed by atoms with Gasteiger partial charge in [-0.25, -0.2) is 4.98 Å². The molecule has 2 amide bonds. The summed E-state index contributed by atoms with van der Waals surface area (Å²) in [6, 6.07) is 6.75. The van der Waals surface area contributed by atoms with Crippen molar-refractivity contribution < 1.29 is 19.1 Å². The Hall–Kier alpha value is -3.20. The van der Waals surface area contributed by atoms with Crippen molar-refractivity contribution in [2.45, 2.75) is 38.3 Å². The summed E-state index contributed by atoms with van der Waals surface area (Å²) < 4.78 is 10.1. The maximum Gasteiger partial charge on any atom is 0.256 e. The predicted octanol–water partition coefficient (Wildman–Crippen LogP) is 1.68. The van der Waals surface area contributed by atoms with Gasteiger partial charge in [0.05, 0.1) is 31.0 Å². The summed E-state index contributed by atoms with van der Waals surface area (Å²) in [6.45, 7) is 1.31. The molecule has 9 nitrogen and oxygen atoms in total. The van der Waals surface area contributed by atoms with Crippen molar-refractivity contribution in [2.75, 3.05) is 33.9 Å². The van der Waals surface area contributed by atoms with Crippen molar-refractivity contribution in [1.82, 2.24) is 19.8 Å². The summed E-state index contributed by atoms with van der Waals surface area (Å²) in [5.74, 6) is 0.974. The van der Waals surface area contributed by atoms with Crippen LogP contribution in [0.1, 0.15) is 52.7 Å². The van der Waals surface area contributed by atoms with Crippen LogP contribution in [-0.2, 0) is 22.5 Å². The van der Waals surface area contributed by atoms with Crippen molar-refractivity contribution in [3.8, 4) is 5.75 Å². The number of nitrogens with zero attached hydrogens (tertiary/aromatic N) is 3. The molecule has 2 aliphatic rings. The van der Waals surface area contributed by atoms with Gasteiger partial charge in [0.1, 0.15) is 18.2 Å². The van der Waals surface area contributed by atoms with Crippen LogP contribution in [0, 0.1) is 0 Å². The second-order valence-electron chi connectivity index (χ2n) is 8.11. The Bertz CT molecular complexity index is 1050. The fourth-order valence-electron chi connectivity index (χ4n) is 4.39. The molecule has 0 radical (unpaired) electrons. The van der Waals surface area contributed by atoms with Crippen molar-refractivity contribution in [1.29, 1.82) is 0 Å². The zero-order valence-electron chi connectivity index (χ0n) is 18.4. The molecular formula is C23H28N4O5. The number of likely N-dealkylation sites (tertiary alicyclic amines) is 1. The van der Waals surface area contributed by atoms with E-state index >= 15 is 0 Å². The van der Waals surface area contributed by atoms with E-state index in [0.29, 0.717) is 47.9 Å². The largest absolute Gasteiger partial charge is 0.497 e. The number of hydrogen-bond acceptors (Lipinski definition) is 6. The average Bonchev–Trinajstić information content (AvgIpc) is 2.83. The molecule has 0 bridgehead atoms. The van der Waals surface area contributed by atoms with Crippen molar-refractivity contribution in [2.24, 2.45) is 0 Å². The molecule has 2 aliphatic heterocycles. The highest BCUT2D eigenvalue weighted by Crippen LogP contribution is 2.31. The normalized spacial score (nSPS) is 18.2. The van der Waals surface area contributed by atoms with Gasteiger partial charge in [0.25, 0.3) is 11.5 Å². The molecule has 1 N–H and O–H groups in total. The van der Waals surface area contributed by atoms with E-state index < -0.39 is 0 Å². The van der Waals surface area contributed by atoms with Gasteiger partial charge in [-0.2, -0.15) is 0 Å². The first-order chi connectivity index (χ1) is 15.5. The minimum atomic E-state index is -0.287. The second-order valence-corrected chi connectivity index (χ2v) is 8.11. The third-order valence-corrected chi connectivity index (χ3v) is 6.12. The number of benzene rings is 1. The van der Waals surface area contributed by atoms with E-state index in [1.807, 2.05) is 0 Å². The smallest absolute Gasteiger partial charge is 0.256 e. The number of rotatable bonds is 5. The Balaban J connectivity index is 1.59. The number of amides is 2. The molecule has 4 rings (SSSR count). The summed E-state index contributed by atoms with van der Waals surface area (Å²) >= 11 is 0. The van der Waals surface area contributed by atoms with Gasteiger partial charge < -0.3 is 24.3 Å². The van der Waals surface area contributed by atoms with E-state index in [1.54, 1.807) is 41.2 Å². The lowest BCUT2D eigenvalue weighted by Crippen LogP contribution is -2.43. The number of carbonyl (C=O) groups is 2. The maximum absolute atomic E-state index is 13.2. The van der Waals surface area contributed by atoms with Gasteiger partial charge in [-0.1, -0.05) is 0 Å². The zero-order chi connectivity index (χ0) is 22.7. The summed E-state index contributed by atoms with van der Waals surface area (Å²) in [7, 11) is 3.06. The number of aromatic amines is 1. The number of aromatic nitrogens is 2. The Morgan fingerprint density at radius 1 is 1.16 bits per heavy atom. The molecule has 1 aromatic carbocycles. The van der Waals surface area contributed by atoms with E-state index in [0.717, 1.165) is 19.3 Å². The summed E-state index contributed by atoms with van der Waals surface area (Å²) in [4.78, 5) is 49.3. The van der Waals surface area contributed by atoms with Crippen LogP contribution in [-0.4, -0.2) is 65.5 Å². The molecule has 32 heavy (non-hydrogen) atoms. The summed E-state index contributed by atoms with van der Waals surface area (Å²) in [6.07, 6.45) is 3.10. The van der Waals surface area contributed by atoms with Gasteiger partial charge >= 0.3 is 0 Å². The third kappa shape index (κ3) is 4.38. The maximum atomic E-state index is 13.2. The molecule has 3 heterocycles. The standard InChI is InChI=1S/C23H28N4O5/c1-31-14-20(28)26-12-10-18-17(13-26)22(29)25-21(24-18)19-5-3-4-11-27(19)23(30)15-6-8-16(32-2)9-7-15/h6-9,19H,3-5,10-14H2,1-2H3,(H,24,25,29). The van der Waals surface area contributed by atoms with Crippen LogP contribution < -0.4 is 10.3 Å². The number of hydrogen-bond donors (Lipinski definition) is 1. The quantitative estimate of drug-likeness (QED) is 0.759. The SMILES string of the molecule is COCC(=O)N1CCc2nc(C3CCCCN3C(=O)c3ccc(OC)cc3)[nH]c(=O)c2C1. The highest BCUT2D eigenvalue weighted by atomic mass is 16.5. The molecule has 0 spiro atoms. The average molecular weight is 441 g/mol. The number of methoxy groups -OCH3 is 2. The molecular weight excluding hydrogens is 412 g/mol. The lowest BCUT2D eigenvalue weighted by atomic mass is 9.99. The van der Waals surface area contributed by atoms with Crippen LogP contribution in [0.3, 0.4) is 0 Å². The zero-order valence-corrected chi connectivity index (χ0v) is 18.4. The van der Waals surface area contributed by atoms with Gasteiger partial charge in [-0.15, -0.1) is 0 Å². The van der Waals surface area contributed by atoms with E-state index in [-0.39, 0.29) is 36.6 Å². The molecule has 0 aliphatic carbocycles. The van der Waals surface area contributed by atoms with Gasteiger partial charge in [-0.05, 0) is 43.5 Å². The van der Waals surface area contributed by atoms with Gasteiger partial charge in [-0.3, -0.25) is 14.4 Å². The van der Waals surface area contributed by atoms with E-state index in [2.05, 4.69) is 4.98 Å². The third-order valence-electron chi connectivity index (χ3n) is 6.12. The van der Waals surface area contributed by atoms with Gasteiger partial charge in [0, 0.05) is 32.2 Å². The number of carbonyl (C=O) groups excluding carboxylic acids is 2. The van der Waals surface area contributed by atoms with Crippen molar-refractivity contribution >= 4 is 11.8 Å². The van der Waals surface area contributed by atoms with Crippen LogP contribution in [0.15, 0.2) is 29.1 Å². The first-order valence-corrected chi connectivity index (χ1v) is 10.9. The lowest BCUT2D eigenvalue weighted by Gasteiger charge is -2.36. The van der Waals surface area contributed by atoms with Crippen LogP contribution in [0.25, 0.3) is 0 Å². The molecule has 1 atom stereocenters. The van der Waals surface area contributed by atoms with E-state index in [4.69, 9.17) is 14.5 Å². The Labute approximate surface area is 186 Å². The lowest BCUT2D eigenvalue weighted by molar-refractivity contribution is -0.136. The molecule has 1 aromatic heterocycles. The Morgan fingerprint density at radius 3 is 2.66 bits per heavy atom. The topological polar surface area (TPSA) is 105 Å². The highest BCUT2D eigenvalue weighted by molar-refractivity contribution is 5.94. The van der Waals surface area contributed by atoms with Crippen LogP contribution in [0.4, 0.5) is 0 Å². The van der Waals surface area contributed by atoms with Gasteiger partial charge in [0.2, 0.25) is 5.91 Å². The van der Waals surface area contributed by atoms with E-state index in [9.17, 15) is 14.4 Å². The van der Waals surface area contributed by atoms with Crippen LogP contribution >= 0.6 is 0 Å². The number of fused-ring (bicyclic) bond motifs is 1. The first-order valence-electron chi connectivity index (χ1n) is 10.9. The minimum absolute atomic E-state index is 0.0107. The summed E-state index contributed by atoms with van der Waals surface area (Å²) in [5, 5.41) is 0. The van der Waals surface area contributed by atoms with Crippen LogP contribution in [0.2, 0.25) is 0 Å². The molecule has 1 saturated heterocycles. The van der Waals surface area contributed by atoms with E-state index in [1.165, 1.54) is 7.11 Å². The highest BCUT2D eigenvalue weighted by Gasteiger charge is 2.32. The number of piperidine rings is 1.